The predicted molar refractivity (Wildman–Crippen MR) is 106 cm³/mol. The van der Waals surface area contributed by atoms with Crippen molar-refractivity contribution in [3.8, 4) is 0 Å². The second-order valence-corrected chi connectivity index (χ2v) is 6.63. The number of benzene rings is 2. The first kappa shape index (κ1) is 18.9. The van der Waals surface area contributed by atoms with E-state index in [0.29, 0.717) is 37.6 Å². The number of hydrogen-bond donors (Lipinski definition) is 2. The van der Waals surface area contributed by atoms with E-state index in [1.807, 2.05) is 32.0 Å². The molecule has 0 aromatic heterocycles. The molecule has 0 spiro atoms. The monoisotopic (exact) mass is 367 g/mol. The lowest BCUT2D eigenvalue weighted by atomic mass is 10.1. The first-order valence-electron chi connectivity index (χ1n) is 9.11. The molecule has 2 aromatic rings. The minimum Gasteiger partial charge on any atom is -0.378 e. The molecule has 27 heavy (non-hydrogen) atoms. The number of nitrogens with zero attached hydrogens (tertiary/aromatic N) is 1. The van der Waals surface area contributed by atoms with Crippen LogP contribution in [0, 0.1) is 13.8 Å². The maximum Gasteiger partial charge on any atom is 0.254 e. The Morgan fingerprint density at radius 2 is 1.81 bits per heavy atom. The van der Waals surface area contributed by atoms with E-state index in [-0.39, 0.29) is 18.4 Å². The average Bonchev–Trinajstić information content (AvgIpc) is 2.69. The second kappa shape index (κ2) is 8.68. The number of carbonyl (C=O) groups is 2. The summed E-state index contributed by atoms with van der Waals surface area (Å²) in [5, 5.41) is 6.01. The molecule has 6 heteroatoms. The van der Waals surface area contributed by atoms with Gasteiger partial charge in [0.1, 0.15) is 0 Å². The maximum atomic E-state index is 12.6. The van der Waals surface area contributed by atoms with Gasteiger partial charge in [-0.1, -0.05) is 18.2 Å². The topological polar surface area (TPSA) is 70.7 Å². The van der Waals surface area contributed by atoms with Crippen molar-refractivity contribution in [2.45, 2.75) is 13.8 Å². The number of aryl methyl sites for hydroxylation is 1. The van der Waals surface area contributed by atoms with E-state index in [0.717, 1.165) is 11.3 Å². The van der Waals surface area contributed by atoms with Gasteiger partial charge in [-0.3, -0.25) is 9.59 Å². The van der Waals surface area contributed by atoms with Gasteiger partial charge in [-0.15, -0.1) is 0 Å². The number of anilines is 2. The van der Waals surface area contributed by atoms with Gasteiger partial charge in [-0.05, 0) is 49.2 Å². The standard InChI is InChI=1S/C21H25N3O3/c1-15-5-3-8-19(16(15)2)22-14-20(25)23-18-7-4-6-17(13-18)21(26)24-9-11-27-12-10-24/h3-8,13,22H,9-12,14H2,1-2H3,(H,23,25). The first-order valence-corrected chi connectivity index (χ1v) is 9.11. The molecule has 2 aromatic carbocycles. The van der Waals surface area contributed by atoms with Crippen LogP contribution in [-0.4, -0.2) is 49.6 Å². The highest BCUT2D eigenvalue weighted by atomic mass is 16.5. The Bertz CT molecular complexity index is 829. The molecule has 1 aliphatic rings. The van der Waals surface area contributed by atoms with Gasteiger partial charge in [-0.25, -0.2) is 0 Å². The van der Waals surface area contributed by atoms with Crippen molar-refractivity contribution in [1.82, 2.24) is 4.90 Å². The van der Waals surface area contributed by atoms with Crippen LogP contribution < -0.4 is 10.6 Å². The zero-order valence-corrected chi connectivity index (χ0v) is 15.7. The summed E-state index contributed by atoms with van der Waals surface area (Å²) in [5.74, 6) is -0.199. The summed E-state index contributed by atoms with van der Waals surface area (Å²) in [6, 6.07) is 13.0. The molecule has 0 aliphatic carbocycles. The molecule has 2 amide bonds. The molecule has 1 heterocycles. The second-order valence-electron chi connectivity index (χ2n) is 6.63. The van der Waals surface area contributed by atoms with E-state index in [9.17, 15) is 9.59 Å². The third-order valence-electron chi connectivity index (χ3n) is 4.74. The molecule has 0 radical (unpaired) electrons. The lowest BCUT2D eigenvalue weighted by molar-refractivity contribution is -0.114. The summed E-state index contributed by atoms with van der Waals surface area (Å²) < 4.78 is 5.28. The van der Waals surface area contributed by atoms with Crippen molar-refractivity contribution in [1.29, 1.82) is 0 Å². The zero-order chi connectivity index (χ0) is 19.2. The lowest BCUT2D eigenvalue weighted by Crippen LogP contribution is -2.40. The van der Waals surface area contributed by atoms with Crippen molar-refractivity contribution < 1.29 is 14.3 Å². The van der Waals surface area contributed by atoms with Gasteiger partial charge < -0.3 is 20.3 Å². The van der Waals surface area contributed by atoms with Crippen LogP contribution in [0.2, 0.25) is 0 Å². The zero-order valence-electron chi connectivity index (χ0n) is 15.7. The molecule has 1 aliphatic heterocycles. The van der Waals surface area contributed by atoms with Gasteiger partial charge in [-0.2, -0.15) is 0 Å². The van der Waals surface area contributed by atoms with Crippen LogP contribution in [0.15, 0.2) is 42.5 Å². The lowest BCUT2D eigenvalue weighted by Gasteiger charge is -2.27. The van der Waals surface area contributed by atoms with Crippen LogP contribution >= 0.6 is 0 Å². The van der Waals surface area contributed by atoms with Gasteiger partial charge in [0.05, 0.1) is 19.8 Å². The van der Waals surface area contributed by atoms with Gasteiger partial charge in [0.15, 0.2) is 0 Å². The fourth-order valence-electron chi connectivity index (χ4n) is 3.00. The van der Waals surface area contributed by atoms with Crippen molar-refractivity contribution in [3.63, 3.8) is 0 Å². The molecule has 0 unspecified atom stereocenters. The van der Waals surface area contributed by atoms with Gasteiger partial charge in [0, 0.05) is 30.0 Å². The summed E-state index contributed by atoms with van der Waals surface area (Å²) in [4.78, 5) is 26.6. The number of amides is 2. The molecule has 1 saturated heterocycles. The number of rotatable bonds is 5. The highest BCUT2D eigenvalue weighted by molar-refractivity contribution is 5.98. The SMILES string of the molecule is Cc1cccc(NCC(=O)Nc2cccc(C(=O)N3CCOCC3)c2)c1C. The Kier molecular flexibility index (Phi) is 6.08. The molecule has 6 nitrogen and oxygen atoms in total. The molecule has 0 bridgehead atoms. The Hall–Kier alpha value is -2.86. The third kappa shape index (κ3) is 4.86. The van der Waals surface area contributed by atoms with Crippen LogP contribution in [0.5, 0.6) is 0 Å². The number of ether oxygens (including phenoxy) is 1. The summed E-state index contributed by atoms with van der Waals surface area (Å²) in [5.41, 5.74) is 4.43. The van der Waals surface area contributed by atoms with Crippen LogP contribution in [0.3, 0.4) is 0 Å². The molecule has 2 N–H and O–H groups in total. The van der Waals surface area contributed by atoms with E-state index >= 15 is 0 Å². The molecule has 0 saturated carbocycles. The fourth-order valence-corrected chi connectivity index (χ4v) is 3.00. The number of hydrogen-bond acceptors (Lipinski definition) is 4. The molecular weight excluding hydrogens is 342 g/mol. The first-order chi connectivity index (χ1) is 13.0. The largest absolute Gasteiger partial charge is 0.378 e. The Morgan fingerprint density at radius 3 is 2.59 bits per heavy atom. The Morgan fingerprint density at radius 1 is 1.07 bits per heavy atom. The molecule has 0 atom stereocenters. The van der Waals surface area contributed by atoms with E-state index in [4.69, 9.17) is 4.74 Å². The van der Waals surface area contributed by atoms with Crippen molar-refractivity contribution in [2.24, 2.45) is 0 Å². The minimum atomic E-state index is -0.160. The van der Waals surface area contributed by atoms with Crippen LogP contribution in [0.25, 0.3) is 0 Å². The van der Waals surface area contributed by atoms with Crippen molar-refractivity contribution in [3.05, 3.63) is 59.2 Å². The summed E-state index contributed by atoms with van der Waals surface area (Å²) in [6.45, 7) is 6.53. The van der Waals surface area contributed by atoms with E-state index in [1.54, 1.807) is 29.2 Å². The van der Waals surface area contributed by atoms with Crippen LogP contribution in [0.1, 0.15) is 21.5 Å². The maximum absolute atomic E-state index is 12.6. The number of carbonyl (C=O) groups excluding carboxylic acids is 2. The predicted octanol–water partition coefficient (Wildman–Crippen LogP) is 2.83. The summed E-state index contributed by atoms with van der Waals surface area (Å²) in [7, 11) is 0. The Balaban J connectivity index is 1.59. The van der Waals surface area contributed by atoms with E-state index < -0.39 is 0 Å². The number of morpholine rings is 1. The van der Waals surface area contributed by atoms with E-state index in [2.05, 4.69) is 10.6 Å². The molecule has 3 rings (SSSR count). The quantitative estimate of drug-likeness (QED) is 0.853. The third-order valence-corrected chi connectivity index (χ3v) is 4.74. The molecule has 142 valence electrons. The Labute approximate surface area is 159 Å². The number of nitrogens with one attached hydrogen (secondary N) is 2. The smallest absolute Gasteiger partial charge is 0.254 e. The van der Waals surface area contributed by atoms with E-state index in [1.165, 1.54) is 5.56 Å². The van der Waals surface area contributed by atoms with Crippen LogP contribution in [-0.2, 0) is 9.53 Å². The van der Waals surface area contributed by atoms with Gasteiger partial charge >= 0.3 is 0 Å². The molecular formula is C21H25N3O3. The highest BCUT2D eigenvalue weighted by Gasteiger charge is 2.18. The summed E-state index contributed by atoms with van der Waals surface area (Å²) in [6.07, 6.45) is 0. The minimum absolute atomic E-state index is 0.0390. The van der Waals surface area contributed by atoms with Crippen LogP contribution in [0.4, 0.5) is 11.4 Å². The normalized spacial score (nSPS) is 13.9. The van der Waals surface area contributed by atoms with Crippen molar-refractivity contribution in [2.75, 3.05) is 43.5 Å². The van der Waals surface area contributed by atoms with Crippen molar-refractivity contribution >= 4 is 23.2 Å². The highest BCUT2D eigenvalue weighted by Crippen LogP contribution is 2.18. The van der Waals surface area contributed by atoms with Gasteiger partial charge in [0.2, 0.25) is 5.91 Å². The average molecular weight is 367 g/mol. The summed E-state index contributed by atoms with van der Waals surface area (Å²) >= 11 is 0. The fraction of sp³-hybridized carbons (Fsp3) is 0.333. The van der Waals surface area contributed by atoms with Gasteiger partial charge in [0.25, 0.3) is 5.91 Å². The molecule has 1 fully saturated rings.